The first-order valence-corrected chi connectivity index (χ1v) is 7.78. The summed E-state index contributed by atoms with van der Waals surface area (Å²) in [4.78, 5) is 37.1. The number of aliphatic carboxylic acids is 1. The molecular weight excluding hydrogens is 322 g/mol. The number of para-hydroxylation sites is 2. The van der Waals surface area contributed by atoms with Gasteiger partial charge in [-0.25, -0.2) is 9.59 Å². The molecule has 0 radical (unpaired) electrons. The molecule has 1 heterocycles. The lowest BCUT2D eigenvalue weighted by Gasteiger charge is -2.30. The van der Waals surface area contributed by atoms with Crippen molar-refractivity contribution in [3.8, 4) is 0 Å². The Hall–Kier alpha value is -3.35. The van der Waals surface area contributed by atoms with Gasteiger partial charge in [0.2, 0.25) is 5.91 Å². The Morgan fingerprint density at radius 1 is 1.12 bits per heavy atom. The van der Waals surface area contributed by atoms with E-state index in [0.29, 0.717) is 11.4 Å². The van der Waals surface area contributed by atoms with Crippen molar-refractivity contribution in [1.29, 1.82) is 0 Å². The minimum atomic E-state index is -1.13. The maximum atomic E-state index is 12.6. The van der Waals surface area contributed by atoms with Crippen LogP contribution in [-0.4, -0.2) is 35.6 Å². The number of carbonyl (C=O) groups excluding carboxylic acids is 2. The first kappa shape index (κ1) is 16.5. The lowest BCUT2D eigenvalue weighted by atomic mass is 10.1. The zero-order chi connectivity index (χ0) is 17.8. The lowest BCUT2D eigenvalue weighted by molar-refractivity contribution is -0.139. The fourth-order valence-electron chi connectivity index (χ4n) is 2.69. The number of urea groups is 1. The van der Waals surface area contributed by atoms with E-state index < -0.39 is 18.0 Å². The topological polar surface area (TPSA) is 98.7 Å². The first-order valence-electron chi connectivity index (χ1n) is 7.78. The molecule has 0 unspecified atom stereocenters. The van der Waals surface area contributed by atoms with Gasteiger partial charge in [0.25, 0.3) is 0 Å². The molecule has 2 aromatic carbocycles. The van der Waals surface area contributed by atoms with Crippen molar-refractivity contribution in [3.05, 3.63) is 60.2 Å². The molecule has 0 saturated carbocycles. The van der Waals surface area contributed by atoms with E-state index in [4.69, 9.17) is 0 Å². The van der Waals surface area contributed by atoms with Gasteiger partial charge in [-0.2, -0.15) is 0 Å². The minimum Gasteiger partial charge on any atom is -0.480 e. The van der Waals surface area contributed by atoms with E-state index in [1.54, 1.807) is 48.5 Å². The van der Waals surface area contributed by atoms with Crippen LogP contribution in [0.3, 0.4) is 0 Å². The van der Waals surface area contributed by atoms with Crippen molar-refractivity contribution in [2.24, 2.45) is 0 Å². The van der Waals surface area contributed by atoms with Gasteiger partial charge in [-0.05, 0) is 17.7 Å². The van der Waals surface area contributed by atoms with Crippen LogP contribution in [0.4, 0.5) is 16.2 Å². The molecule has 3 rings (SSSR count). The van der Waals surface area contributed by atoms with E-state index in [1.807, 2.05) is 6.07 Å². The van der Waals surface area contributed by atoms with Gasteiger partial charge in [0.15, 0.2) is 0 Å². The second kappa shape index (κ2) is 7.04. The predicted octanol–water partition coefficient (Wildman–Crippen LogP) is 1.85. The Bertz CT molecular complexity index is 807. The average Bonchev–Trinajstić information content (AvgIpc) is 2.61. The number of hydrogen-bond acceptors (Lipinski definition) is 3. The Morgan fingerprint density at radius 3 is 2.52 bits per heavy atom. The molecule has 1 atom stereocenters. The predicted molar refractivity (Wildman–Crippen MR) is 92.5 cm³/mol. The molecule has 25 heavy (non-hydrogen) atoms. The molecule has 0 saturated heterocycles. The van der Waals surface area contributed by atoms with Crippen LogP contribution in [0.25, 0.3) is 0 Å². The molecule has 0 bridgehead atoms. The molecular formula is C18H17N3O4. The van der Waals surface area contributed by atoms with E-state index in [2.05, 4.69) is 10.6 Å². The van der Waals surface area contributed by atoms with Gasteiger partial charge < -0.3 is 15.7 Å². The summed E-state index contributed by atoms with van der Waals surface area (Å²) in [6.07, 6.45) is 0.156. The number of carboxylic acid groups (broad SMARTS) is 1. The van der Waals surface area contributed by atoms with E-state index in [-0.39, 0.29) is 18.9 Å². The summed E-state index contributed by atoms with van der Waals surface area (Å²) in [5.74, 6) is -1.46. The van der Waals surface area contributed by atoms with Gasteiger partial charge in [0, 0.05) is 6.42 Å². The number of benzene rings is 2. The summed E-state index contributed by atoms with van der Waals surface area (Å²) < 4.78 is 0. The highest BCUT2D eigenvalue weighted by atomic mass is 16.4. The molecule has 7 heteroatoms. The van der Waals surface area contributed by atoms with Gasteiger partial charge in [-0.1, -0.05) is 42.5 Å². The third kappa shape index (κ3) is 3.77. The number of carboxylic acids is 1. The van der Waals surface area contributed by atoms with Crippen LogP contribution in [0.1, 0.15) is 5.56 Å². The highest BCUT2D eigenvalue weighted by molar-refractivity contribution is 6.09. The summed E-state index contributed by atoms with van der Waals surface area (Å²) in [5.41, 5.74) is 1.85. The zero-order valence-corrected chi connectivity index (χ0v) is 13.3. The zero-order valence-electron chi connectivity index (χ0n) is 13.3. The third-order valence-corrected chi connectivity index (χ3v) is 3.89. The fourth-order valence-corrected chi connectivity index (χ4v) is 2.69. The van der Waals surface area contributed by atoms with Crippen molar-refractivity contribution >= 4 is 29.3 Å². The van der Waals surface area contributed by atoms with Crippen molar-refractivity contribution in [3.63, 3.8) is 0 Å². The molecule has 7 nitrogen and oxygen atoms in total. The maximum Gasteiger partial charge on any atom is 0.326 e. The van der Waals surface area contributed by atoms with Crippen LogP contribution in [0, 0.1) is 0 Å². The van der Waals surface area contributed by atoms with Crippen molar-refractivity contribution in [1.82, 2.24) is 5.32 Å². The summed E-state index contributed by atoms with van der Waals surface area (Å²) in [6, 6.07) is 14.2. The monoisotopic (exact) mass is 339 g/mol. The maximum absolute atomic E-state index is 12.6. The van der Waals surface area contributed by atoms with Crippen LogP contribution in [0.2, 0.25) is 0 Å². The van der Waals surface area contributed by atoms with Crippen LogP contribution < -0.4 is 15.5 Å². The van der Waals surface area contributed by atoms with Crippen LogP contribution in [0.5, 0.6) is 0 Å². The van der Waals surface area contributed by atoms with E-state index in [1.165, 1.54) is 4.90 Å². The second-order valence-electron chi connectivity index (χ2n) is 5.68. The standard InChI is InChI=1S/C18H17N3O4/c22-16-11-21(15-9-5-4-8-13(15)19-16)18(25)20-14(17(23)24)10-12-6-2-1-3-7-12/h1-9,14H,10-11H2,(H,19,22)(H,20,25)(H,23,24)/t14-/m0/s1. The van der Waals surface area contributed by atoms with E-state index >= 15 is 0 Å². The molecule has 1 aliphatic heterocycles. The lowest BCUT2D eigenvalue weighted by Crippen LogP contribution is -2.52. The van der Waals surface area contributed by atoms with Gasteiger partial charge >= 0.3 is 12.0 Å². The largest absolute Gasteiger partial charge is 0.480 e. The Balaban J connectivity index is 1.78. The molecule has 3 amide bonds. The van der Waals surface area contributed by atoms with Gasteiger partial charge in [-0.3, -0.25) is 9.69 Å². The highest BCUT2D eigenvalue weighted by Crippen LogP contribution is 2.28. The quantitative estimate of drug-likeness (QED) is 0.792. The molecule has 1 aliphatic rings. The van der Waals surface area contributed by atoms with Gasteiger partial charge in [0.1, 0.15) is 12.6 Å². The number of anilines is 2. The minimum absolute atomic E-state index is 0.156. The number of fused-ring (bicyclic) bond motifs is 1. The molecule has 0 fully saturated rings. The summed E-state index contributed by atoms with van der Waals surface area (Å²) in [6.45, 7) is -0.166. The van der Waals surface area contributed by atoms with Crippen LogP contribution in [-0.2, 0) is 16.0 Å². The Labute approximate surface area is 144 Å². The van der Waals surface area contributed by atoms with E-state index in [0.717, 1.165) is 5.56 Å². The number of nitrogens with one attached hydrogen (secondary N) is 2. The number of rotatable bonds is 4. The Kier molecular flexibility index (Phi) is 4.65. The molecule has 128 valence electrons. The Morgan fingerprint density at radius 2 is 1.80 bits per heavy atom. The van der Waals surface area contributed by atoms with Crippen molar-refractivity contribution < 1.29 is 19.5 Å². The van der Waals surface area contributed by atoms with Crippen LogP contribution in [0.15, 0.2) is 54.6 Å². The molecule has 0 spiro atoms. The van der Waals surface area contributed by atoms with E-state index in [9.17, 15) is 19.5 Å². The third-order valence-electron chi connectivity index (χ3n) is 3.89. The fraction of sp³-hybridized carbons (Fsp3) is 0.167. The molecule has 0 aromatic heterocycles. The molecule has 3 N–H and O–H groups in total. The first-order chi connectivity index (χ1) is 12.0. The summed E-state index contributed by atoms with van der Waals surface area (Å²) in [7, 11) is 0. The highest BCUT2D eigenvalue weighted by Gasteiger charge is 2.29. The normalized spacial score (nSPS) is 14.2. The van der Waals surface area contributed by atoms with Crippen molar-refractivity contribution in [2.75, 3.05) is 16.8 Å². The molecule has 2 aromatic rings. The van der Waals surface area contributed by atoms with Gasteiger partial charge in [-0.15, -0.1) is 0 Å². The smallest absolute Gasteiger partial charge is 0.326 e. The van der Waals surface area contributed by atoms with Crippen LogP contribution >= 0.6 is 0 Å². The number of carbonyl (C=O) groups is 3. The molecule has 0 aliphatic carbocycles. The number of nitrogens with zero attached hydrogens (tertiary/aromatic N) is 1. The average molecular weight is 339 g/mol. The van der Waals surface area contributed by atoms with Gasteiger partial charge in [0.05, 0.1) is 11.4 Å². The van der Waals surface area contributed by atoms with Crippen molar-refractivity contribution in [2.45, 2.75) is 12.5 Å². The summed E-state index contributed by atoms with van der Waals surface area (Å²) in [5, 5.41) is 14.6. The second-order valence-corrected chi connectivity index (χ2v) is 5.68. The SMILES string of the molecule is O=C1CN(C(=O)N[C@@H](Cc2ccccc2)C(=O)O)c2ccccc2N1. The summed E-state index contributed by atoms with van der Waals surface area (Å²) >= 11 is 0. The number of amides is 3. The number of hydrogen-bond donors (Lipinski definition) is 3.